The molecule has 0 radical (unpaired) electrons. The smallest absolute Gasteiger partial charge is 0.154 e. The maximum absolute atomic E-state index is 4.25. The van der Waals surface area contributed by atoms with Gasteiger partial charge in [-0.1, -0.05) is 0 Å². The van der Waals surface area contributed by atoms with Crippen LogP contribution in [0.3, 0.4) is 0 Å². The molecule has 0 aromatic carbocycles. The van der Waals surface area contributed by atoms with Crippen LogP contribution in [0.15, 0.2) is 22.9 Å². The quantitative estimate of drug-likeness (QED) is 0.844. The molecule has 1 aliphatic rings. The van der Waals surface area contributed by atoms with Crippen molar-refractivity contribution in [2.75, 3.05) is 25.5 Å². The fourth-order valence-corrected chi connectivity index (χ4v) is 1.97. The molecule has 1 saturated heterocycles. The van der Waals surface area contributed by atoms with Crippen LogP contribution in [0.25, 0.3) is 5.65 Å². The Kier molecular flexibility index (Phi) is 4.33. The molecule has 2 aromatic rings. The van der Waals surface area contributed by atoms with Gasteiger partial charge in [0.05, 0.1) is 6.20 Å². The fourth-order valence-electron chi connectivity index (χ4n) is 1.60. The molecular weight excluding hydrogens is 282 g/mol. The lowest BCUT2D eigenvalue weighted by molar-refractivity contribution is 0.857. The molecular formula is C11H16BrN5. The van der Waals surface area contributed by atoms with E-state index in [1.807, 2.05) is 19.2 Å². The minimum Gasteiger partial charge on any atom is -0.372 e. The number of rotatable bonds is 1. The largest absolute Gasteiger partial charge is 0.372 e. The highest BCUT2D eigenvalue weighted by atomic mass is 79.9. The number of anilines is 1. The van der Waals surface area contributed by atoms with E-state index in [9.17, 15) is 0 Å². The molecule has 0 unspecified atom stereocenters. The summed E-state index contributed by atoms with van der Waals surface area (Å²) >= 11 is 3.34. The van der Waals surface area contributed by atoms with Crippen molar-refractivity contribution in [2.45, 2.75) is 12.8 Å². The second kappa shape index (κ2) is 5.97. The second-order valence-electron chi connectivity index (χ2n) is 3.78. The van der Waals surface area contributed by atoms with Gasteiger partial charge >= 0.3 is 0 Å². The van der Waals surface area contributed by atoms with E-state index in [0.29, 0.717) is 0 Å². The minimum atomic E-state index is 0.821. The van der Waals surface area contributed by atoms with Gasteiger partial charge in [-0.05, 0) is 54.0 Å². The Balaban J connectivity index is 0.000000181. The van der Waals surface area contributed by atoms with Gasteiger partial charge in [0.15, 0.2) is 5.65 Å². The average molecular weight is 298 g/mol. The van der Waals surface area contributed by atoms with Crippen LogP contribution < -0.4 is 10.6 Å². The summed E-state index contributed by atoms with van der Waals surface area (Å²) in [4.78, 5) is 4.12. The van der Waals surface area contributed by atoms with Crippen LogP contribution in [0.5, 0.6) is 0 Å². The molecule has 0 aliphatic carbocycles. The lowest BCUT2D eigenvalue weighted by Gasteiger charge is -1.98. The van der Waals surface area contributed by atoms with Gasteiger partial charge < -0.3 is 10.6 Å². The maximum atomic E-state index is 4.25. The van der Waals surface area contributed by atoms with E-state index in [2.05, 4.69) is 36.6 Å². The summed E-state index contributed by atoms with van der Waals surface area (Å²) < 4.78 is 2.58. The van der Waals surface area contributed by atoms with Gasteiger partial charge in [0.2, 0.25) is 0 Å². The summed E-state index contributed by atoms with van der Waals surface area (Å²) in [6.45, 7) is 2.50. The number of halogens is 1. The second-order valence-corrected chi connectivity index (χ2v) is 4.59. The Morgan fingerprint density at radius 3 is 2.71 bits per heavy atom. The first kappa shape index (κ1) is 12.3. The monoisotopic (exact) mass is 297 g/mol. The van der Waals surface area contributed by atoms with Gasteiger partial charge in [0.25, 0.3) is 0 Å². The van der Waals surface area contributed by atoms with Gasteiger partial charge in [-0.3, -0.25) is 0 Å². The highest BCUT2D eigenvalue weighted by Crippen LogP contribution is 2.12. The molecule has 1 fully saturated rings. The van der Waals surface area contributed by atoms with Crippen molar-refractivity contribution in [3.8, 4) is 0 Å². The summed E-state index contributed by atoms with van der Waals surface area (Å²) in [5.74, 6) is 0.821. The third-order valence-corrected chi connectivity index (χ3v) is 3.07. The number of hydrogen-bond acceptors (Lipinski definition) is 4. The van der Waals surface area contributed by atoms with Crippen LogP contribution in [0.4, 0.5) is 5.82 Å². The Hall–Kier alpha value is -1.14. The normalized spacial score (nSPS) is 14.5. The summed E-state index contributed by atoms with van der Waals surface area (Å²) in [6.07, 6.45) is 4.50. The third-order valence-electron chi connectivity index (χ3n) is 2.53. The van der Waals surface area contributed by atoms with Crippen LogP contribution in [-0.4, -0.2) is 34.7 Å². The van der Waals surface area contributed by atoms with Gasteiger partial charge in [-0.15, -0.1) is 5.10 Å². The van der Waals surface area contributed by atoms with E-state index in [1.54, 1.807) is 10.7 Å². The number of hydrogen-bond donors (Lipinski definition) is 2. The third kappa shape index (κ3) is 3.17. The highest BCUT2D eigenvalue weighted by Gasteiger charge is 2.00. The van der Waals surface area contributed by atoms with Crippen LogP contribution in [-0.2, 0) is 0 Å². The van der Waals surface area contributed by atoms with Crippen LogP contribution >= 0.6 is 15.9 Å². The van der Waals surface area contributed by atoms with Crippen LogP contribution in [0, 0.1) is 0 Å². The predicted molar refractivity (Wildman–Crippen MR) is 72.3 cm³/mol. The zero-order chi connectivity index (χ0) is 12.1. The Morgan fingerprint density at radius 1 is 1.35 bits per heavy atom. The van der Waals surface area contributed by atoms with Crippen molar-refractivity contribution in [1.82, 2.24) is 19.9 Å². The molecule has 0 spiro atoms. The molecule has 0 atom stereocenters. The lowest BCUT2D eigenvalue weighted by atomic mass is 10.4. The minimum absolute atomic E-state index is 0.821. The molecule has 3 heterocycles. The number of fused-ring (bicyclic) bond motifs is 1. The van der Waals surface area contributed by atoms with Gasteiger partial charge in [-0.2, -0.15) is 0 Å². The van der Waals surface area contributed by atoms with E-state index in [4.69, 9.17) is 0 Å². The number of imidazole rings is 1. The topological polar surface area (TPSA) is 54.2 Å². The van der Waals surface area contributed by atoms with E-state index < -0.39 is 0 Å². The summed E-state index contributed by atoms with van der Waals surface area (Å²) in [7, 11) is 1.83. The first-order valence-corrected chi connectivity index (χ1v) is 6.49. The maximum Gasteiger partial charge on any atom is 0.154 e. The van der Waals surface area contributed by atoms with Crippen molar-refractivity contribution in [3.05, 3.63) is 22.9 Å². The molecule has 2 N–H and O–H groups in total. The first-order chi connectivity index (χ1) is 8.31. The first-order valence-electron chi connectivity index (χ1n) is 5.70. The zero-order valence-electron chi connectivity index (χ0n) is 9.78. The van der Waals surface area contributed by atoms with E-state index in [0.717, 1.165) is 16.1 Å². The molecule has 17 heavy (non-hydrogen) atoms. The summed E-state index contributed by atoms with van der Waals surface area (Å²) in [5.41, 5.74) is 0.834. The molecule has 6 heteroatoms. The van der Waals surface area contributed by atoms with Gasteiger partial charge in [-0.25, -0.2) is 9.50 Å². The van der Waals surface area contributed by atoms with Gasteiger partial charge in [0, 0.05) is 7.05 Å². The molecule has 0 saturated carbocycles. The van der Waals surface area contributed by atoms with E-state index >= 15 is 0 Å². The van der Waals surface area contributed by atoms with Crippen molar-refractivity contribution < 1.29 is 0 Å². The van der Waals surface area contributed by atoms with Crippen LogP contribution in [0.1, 0.15) is 12.8 Å². The SMILES string of the molecule is C1CCNC1.CNc1ccc2ncc(Br)n2n1. The lowest BCUT2D eigenvalue weighted by Crippen LogP contribution is -2.03. The molecule has 3 rings (SSSR count). The standard InChI is InChI=1S/C7H7BrN4.C4H9N/c1-9-6-2-3-7-10-4-5(8)12(7)11-6;1-2-4-5-3-1/h2-4H,1H3,(H,9,11);5H,1-4H2. The number of nitrogens with one attached hydrogen (secondary N) is 2. The molecule has 92 valence electrons. The molecule has 5 nitrogen and oxygen atoms in total. The predicted octanol–water partition coefficient (Wildman–Crippen LogP) is 1.90. The Bertz CT molecular complexity index is 470. The van der Waals surface area contributed by atoms with Gasteiger partial charge in [0.1, 0.15) is 10.4 Å². The molecule has 0 amide bonds. The summed E-state index contributed by atoms with van der Waals surface area (Å²) in [5, 5.41) is 10.4. The Labute approximate surface area is 109 Å². The fraction of sp³-hybridized carbons (Fsp3) is 0.455. The molecule has 1 aliphatic heterocycles. The molecule has 0 bridgehead atoms. The zero-order valence-corrected chi connectivity index (χ0v) is 11.4. The van der Waals surface area contributed by atoms with Crippen molar-refractivity contribution in [2.24, 2.45) is 0 Å². The van der Waals surface area contributed by atoms with Crippen molar-refractivity contribution >= 4 is 27.4 Å². The van der Waals surface area contributed by atoms with E-state index in [-0.39, 0.29) is 0 Å². The van der Waals surface area contributed by atoms with Crippen molar-refractivity contribution in [3.63, 3.8) is 0 Å². The average Bonchev–Trinajstić information content (AvgIpc) is 3.03. The van der Waals surface area contributed by atoms with Crippen molar-refractivity contribution in [1.29, 1.82) is 0 Å². The number of nitrogens with zero attached hydrogens (tertiary/aromatic N) is 3. The highest BCUT2D eigenvalue weighted by molar-refractivity contribution is 9.10. The summed E-state index contributed by atoms with van der Waals surface area (Å²) in [6, 6.07) is 3.79. The molecule has 2 aromatic heterocycles. The van der Waals surface area contributed by atoms with Crippen LogP contribution in [0.2, 0.25) is 0 Å². The number of aromatic nitrogens is 3. The Morgan fingerprint density at radius 2 is 2.12 bits per heavy atom. The van der Waals surface area contributed by atoms with E-state index in [1.165, 1.54) is 25.9 Å².